The highest BCUT2D eigenvalue weighted by atomic mass is 35.5. The first-order chi connectivity index (χ1) is 12.9. The van der Waals surface area contributed by atoms with E-state index in [4.69, 9.17) is 11.6 Å². The summed E-state index contributed by atoms with van der Waals surface area (Å²) >= 11 is 7.67. The Labute approximate surface area is 170 Å². The Balaban J connectivity index is 2.04. The highest BCUT2D eigenvalue weighted by Gasteiger charge is 2.25. The molecule has 27 heavy (non-hydrogen) atoms. The van der Waals surface area contributed by atoms with Crippen LogP contribution in [0.4, 0.5) is 0 Å². The molecule has 0 spiro atoms. The van der Waals surface area contributed by atoms with E-state index in [1.165, 1.54) is 11.8 Å². The number of likely N-dealkylation sites (N-methyl/N-ethyl adjacent to an activating group) is 1. The molecule has 0 aliphatic carbocycles. The molecule has 0 unspecified atom stereocenters. The Morgan fingerprint density at radius 1 is 1.15 bits per heavy atom. The molecular formula is C21H25ClN2O2S. The van der Waals surface area contributed by atoms with Crippen molar-refractivity contribution in [1.82, 2.24) is 10.2 Å². The molecule has 0 heterocycles. The molecule has 0 fully saturated rings. The lowest BCUT2D eigenvalue weighted by molar-refractivity contribution is -0.138. The molecule has 0 aliphatic rings. The van der Waals surface area contributed by atoms with Gasteiger partial charge in [0.05, 0.1) is 5.75 Å². The van der Waals surface area contributed by atoms with Crippen LogP contribution in [0.15, 0.2) is 48.5 Å². The van der Waals surface area contributed by atoms with Gasteiger partial charge in [-0.05, 0) is 31.0 Å². The second-order valence-corrected chi connectivity index (χ2v) is 7.77. The summed E-state index contributed by atoms with van der Waals surface area (Å²) in [5, 5.41) is 3.33. The average Bonchev–Trinajstić information content (AvgIpc) is 2.67. The molecule has 0 aromatic heterocycles. The lowest BCUT2D eigenvalue weighted by atomic mass is 10.1. The van der Waals surface area contributed by atoms with E-state index < -0.39 is 6.04 Å². The minimum Gasteiger partial charge on any atom is -0.357 e. The number of nitrogens with zero attached hydrogens (tertiary/aromatic N) is 1. The van der Waals surface area contributed by atoms with E-state index in [0.717, 1.165) is 16.7 Å². The summed E-state index contributed by atoms with van der Waals surface area (Å²) in [5.41, 5.74) is 3.16. The molecule has 4 nitrogen and oxygen atoms in total. The van der Waals surface area contributed by atoms with Crippen LogP contribution in [0, 0.1) is 6.92 Å². The van der Waals surface area contributed by atoms with E-state index in [2.05, 4.69) is 5.32 Å². The summed E-state index contributed by atoms with van der Waals surface area (Å²) in [6.07, 6.45) is 0. The van der Waals surface area contributed by atoms with Crippen molar-refractivity contribution in [2.45, 2.75) is 32.2 Å². The summed E-state index contributed by atoms with van der Waals surface area (Å²) < 4.78 is 0. The van der Waals surface area contributed by atoms with Crippen LogP contribution in [-0.4, -0.2) is 35.6 Å². The number of nitrogens with one attached hydrogen (secondary N) is 1. The van der Waals surface area contributed by atoms with Gasteiger partial charge in [0, 0.05) is 24.4 Å². The molecule has 1 N–H and O–H groups in total. The quantitative estimate of drug-likeness (QED) is 0.722. The molecule has 144 valence electrons. The summed E-state index contributed by atoms with van der Waals surface area (Å²) in [4.78, 5) is 26.6. The van der Waals surface area contributed by atoms with Gasteiger partial charge in [-0.2, -0.15) is 0 Å². The first-order valence-corrected chi connectivity index (χ1v) is 10.3. The van der Waals surface area contributed by atoms with Crippen LogP contribution in [0.1, 0.15) is 23.6 Å². The van der Waals surface area contributed by atoms with Crippen LogP contribution in [-0.2, 0) is 21.9 Å². The number of aryl methyl sites for hydroxylation is 1. The molecule has 2 amide bonds. The van der Waals surface area contributed by atoms with Gasteiger partial charge in [-0.25, -0.2) is 0 Å². The number of amides is 2. The maximum atomic E-state index is 12.8. The second-order valence-electron chi connectivity index (χ2n) is 6.38. The van der Waals surface area contributed by atoms with E-state index in [1.807, 2.05) is 55.5 Å². The lowest BCUT2D eigenvalue weighted by Crippen LogP contribution is -2.47. The van der Waals surface area contributed by atoms with Gasteiger partial charge in [0.15, 0.2) is 0 Å². The topological polar surface area (TPSA) is 49.4 Å². The van der Waals surface area contributed by atoms with Gasteiger partial charge in [0.2, 0.25) is 11.8 Å². The zero-order valence-electron chi connectivity index (χ0n) is 15.9. The predicted octanol–water partition coefficient (Wildman–Crippen LogP) is 4.04. The molecule has 0 saturated carbocycles. The fourth-order valence-corrected chi connectivity index (χ4v) is 3.82. The maximum Gasteiger partial charge on any atom is 0.242 e. The number of thioether (sulfide) groups is 1. The Hall–Kier alpha value is -1.98. The zero-order valence-corrected chi connectivity index (χ0v) is 17.4. The van der Waals surface area contributed by atoms with Crippen molar-refractivity contribution in [2.75, 3.05) is 12.8 Å². The molecule has 0 aliphatic heterocycles. The number of carbonyl (C=O) groups excluding carboxylic acids is 2. The van der Waals surface area contributed by atoms with Gasteiger partial charge in [-0.1, -0.05) is 59.6 Å². The van der Waals surface area contributed by atoms with Gasteiger partial charge in [-0.15, -0.1) is 11.8 Å². The van der Waals surface area contributed by atoms with Crippen molar-refractivity contribution in [3.05, 3.63) is 70.2 Å². The number of carbonyl (C=O) groups is 2. The van der Waals surface area contributed by atoms with Crippen molar-refractivity contribution >= 4 is 35.2 Å². The summed E-state index contributed by atoms with van der Waals surface area (Å²) in [5.74, 6) is 0.701. The van der Waals surface area contributed by atoms with E-state index in [-0.39, 0.29) is 11.8 Å². The third-order valence-electron chi connectivity index (χ3n) is 4.33. The SMILES string of the molecule is CNC(=O)[C@H](C)N(Cc1ccc(C)cc1)C(=O)CSCc1ccccc1Cl. The third kappa shape index (κ3) is 6.29. The van der Waals surface area contributed by atoms with Crippen molar-refractivity contribution < 1.29 is 9.59 Å². The Morgan fingerprint density at radius 2 is 1.81 bits per heavy atom. The normalized spacial score (nSPS) is 11.7. The highest BCUT2D eigenvalue weighted by Crippen LogP contribution is 2.21. The minimum atomic E-state index is -0.537. The molecular weight excluding hydrogens is 380 g/mol. The standard InChI is InChI=1S/C21H25ClN2O2S/c1-15-8-10-17(11-9-15)12-24(16(2)21(26)23-3)20(25)14-27-13-18-6-4-5-7-19(18)22/h4-11,16H,12-14H2,1-3H3,(H,23,26)/t16-/m0/s1. The molecule has 0 bridgehead atoms. The van der Waals surface area contributed by atoms with Crippen LogP contribution in [0.3, 0.4) is 0 Å². The molecule has 0 saturated heterocycles. The van der Waals surface area contributed by atoms with E-state index >= 15 is 0 Å². The first kappa shape index (κ1) is 21.3. The predicted molar refractivity (Wildman–Crippen MR) is 113 cm³/mol. The number of hydrogen-bond acceptors (Lipinski definition) is 3. The van der Waals surface area contributed by atoms with Crippen molar-refractivity contribution in [3.63, 3.8) is 0 Å². The second kappa shape index (κ2) is 10.4. The molecule has 0 radical (unpaired) electrons. The van der Waals surface area contributed by atoms with E-state index in [9.17, 15) is 9.59 Å². The lowest BCUT2D eigenvalue weighted by Gasteiger charge is -2.28. The van der Waals surface area contributed by atoms with E-state index in [1.54, 1.807) is 18.9 Å². The molecule has 6 heteroatoms. The van der Waals surface area contributed by atoms with Crippen LogP contribution in [0.5, 0.6) is 0 Å². The number of hydrogen-bond donors (Lipinski definition) is 1. The fraction of sp³-hybridized carbons (Fsp3) is 0.333. The summed E-state index contributed by atoms with van der Waals surface area (Å²) in [6.45, 7) is 4.18. The van der Waals surface area contributed by atoms with Crippen LogP contribution >= 0.6 is 23.4 Å². The summed E-state index contributed by atoms with van der Waals surface area (Å²) in [7, 11) is 1.58. The Kier molecular flexibility index (Phi) is 8.20. The van der Waals surface area contributed by atoms with Gasteiger partial charge in [-0.3, -0.25) is 9.59 Å². The van der Waals surface area contributed by atoms with Crippen molar-refractivity contribution in [1.29, 1.82) is 0 Å². The monoisotopic (exact) mass is 404 g/mol. The zero-order chi connectivity index (χ0) is 19.8. The Morgan fingerprint density at radius 3 is 2.44 bits per heavy atom. The van der Waals surface area contributed by atoms with Gasteiger partial charge >= 0.3 is 0 Å². The fourth-order valence-electron chi connectivity index (χ4n) is 2.63. The van der Waals surface area contributed by atoms with Crippen molar-refractivity contribution in [3.8, 4) is 0 Å². The van der Waals surface area contributed by atoms with Gasteiger partial charge < -0.3 is 10.2 Å². The molecule has 1 atom stereocenters. The number of rotatable bonds is 8. The molecule has 2 aromatic rings. The highest BCUT2D eigenvalue weighted by molar-refractivity contribution is 7.99. The Bertz CT molecular complexity index is 780. The van der Waals surface area contributed by atoms with Crippen LogP contribution < -0.4 is 5.32 Å². The smallest absolute Gasteiger partial charge is 0.242 e. The van der Waals surface area contributed by atoms with Crippen LogP contribution in [0.25, 0.3) is 0 Å². The number of benzene rings is 2. The molecule has 2 aromatic carbocycles. The third-order valence-corrected chi connectivity index (χ3v) is 5.66. The van der Waals surface area contributed by atoms with E-state index in [0.29, 0.717) is 23.1 Å². The van der Waals surface area contributed by atoms with Crippen LogP contribution in [0.2, 0.25) is 5.02 Å². The first-order valence-electron chi connectivity index (χ1n) is 8.80. The average molecular weight is 405 g/mol. The molecule has 2 rings (SSSR count). The minimum absolute atomic E-state index is 0.0660. The van der Waals surface area contributed by atoms with Crippen molar-refractivity contribution in [2.24, 2.45) is 0 Å². The maximum absolute atomic E-state index is 12.8. The van der Waals surface area contributed by atoms with Gasteiger partial charge in [0.1, 0.15) is 6.04 Å². The van der Waals surface area contributed by atoms with Gasteiger partial charge in [0.25, 0.3) is 0 Å². The largest absolute Gasteiger partial charge is 0.357 e. The number of halogens is 1. The summed E-state index contributed by atoms with van der Waals surface area (Å²) in [6, 6.07) is 15.1.